The molecular weight excluding hydrogens is 334 g/mol. The Labute approximate surface area is 149 Å². The average molecular weight is 355 g/mol. The highest BCUT2D eigenvalue weighted by molar-refractivity contribution is 5.77. The van der Waals surface area contributed by atoms with Crippen LogP contribution in [0.5, 0.6) is 0 Å². The second kappa shape index (κ2) is 5.84. The fraction of sp³-hybridized carbons (Fsp3) is 0.389. The highest BCUT2D eigenvalue weighted by Crippen LogP contribution is 2.31. The van der Waals surface area contributed by atoms with Crippen molar-refractivity contribution >= 4 is 22.8 Å². The molecule has 1 aliphatic heterocycles. The predicted octanol–water partition coefficient (Wildman–Crippen LogP) is 0.509. The van der Waals surface area contributed by atoms with E-state index in [1.54, 1.807) is 11.6 Å². The number of anilines is 2. The number of rotatable bonds is 2. The Morgan fingerprint density at radius 3 is 2.46 bits per heavy atom. The van der Waals surface area contributed by atoms with E-state index in [0.717, 1.165) is 16.7 Å². The van der Waals surface area contributed by atoms with Gasteiger partial charge in [-0.2, -0.15) is 4.98 Å². The first-order valence-corrected chi connectivity index (χ1v) is 8.63. The number of benzene rings is 1. The summed E-state index contributed by atoms with van der Waals surface area (Å²) in [6.45, 7) is 2.74. The summed E-state index contributed by atoms with van der Waals surface area (Å²) >= 11 is 0. The van der Waals surface area contributed by atoms with E-state index in [9.17, 15) is 14.7 Å². The SMILES string of the molecule is CCc1ccc(N2CC(O)Cn3c2nc2c3c(=O)n(C)c(=O)n2C)cc1. The first-order valence-electron chi connectivity index (χ1n) is 8.63. The fourth-order valence-electron chi connectivity index (χ4n) is 3.51. The molecule has 4 rings (SSSR count). The summed E-state index contributed by atoms with van der Waals surface area (Å²) < 4.78 is 4.14. The third-order valence-corrected chi connectivity index (χ3v) is 5.01. The van der Waals surface area contributed by atoms with Crippen molar-refractivity contribution in [1.82, 2.24) is 18.7 Å². The zero-order valence-electron chi connectivity index (χ0n) is 15.0. The molecule has 0 fully saturated rings. The minimum absolute atomic E-state index is 0.267. The molecule has 26 heavy (non-hydrogen) atoms. The van der Waals surface area contributed by atoms with Crippen LogP contribution in [-0.2, 0) is 27.1 Å². The third-order valence-electron chi connectivity index (χ3n) is 5.01. The van der Waals surface area contributed by atoms with E-state index in [1.165, 1.54) is 17.2 Å². The molecule has 0 saturated heterocycles. The normalized spacial score (nSPS) is 16.9. The molecule has 8 heteroatoms. The molecule has 3 heterocycles. The maximum Gasteiger partial charge on any atom is 0.332 e. The van der Waals surface area contributed by atoms with Crippen LogP contribution in [0.25, 0.3) is 11.2 Å². The molecule has 1 N–H and O–H groups in total. The lowest BCUT2D eigenvalue weighted by Gasteiger charge is -2.32. The molecule has 1 atom stereocenters. The van der Waals surface area contributed by atoms with Crippen LogP contribution in [-0.4, -0.2) is 36.4 Å². The molecule has 0 radical (unpaired) electrons. The molecule has 3 aromatic rings. The second-order valence-corrected chi connectivity index (χ2v) is 6.68. The van der Waals surface area contributed by atoms with Gasteiger partial charge in [-0.15, -0.1) is 0 Å². The number of hydrogen-bond donors (Lipinski definition) is 1. The van der Waals surface area contributed by atoms with Gasteiger partial charge in [-0.1, -0.05) is 19.1 Å². The van der Waals surface area contributed by atoms with E-state index in [-0.39, 0.29) is 6.54 Å². The highest BCUT2D eigenvalue weighted by Gasteiger charge is 2.30. The minimum Gasteiger partial charge on any atom is -0.389 e. The molecule has 2 aromatic heterocycles. The highest BCUT2D eigenvalue weighted by atomic mass is 16.3. The van der Waals surface area contributed by atoms with Crippen LogP contribution in [0.4, 0.5) is 11.6 Å². The standard InChI is InChI=1S/C18H21N5O3/c1-4-11-5-7-12(8-6-11)22-9-13(24)10-23-14-15(19-17(22)23)20(2)18(26)21(3)16(14)25/h5-8,13,24H,4,9-10H2,1-3H3. The molecule has 0 saturated carbocycles. The van der Waals surface area contributed by atoms with Crippen molar-refractivity contribution in [2.45, 2.75) is 26.0 Å². The third kappa shape index (κ3) is 2.29. The monoisotopic (exact) mass is 355 g/mol. The van der Waals surface area contributed by atoms with E-state index >= 15 is 0 Å². The zero-order chi connectivity index (χ0) is 18.6. The van der Waals surface area contributed by atoms with Gasteiger partial charge in [0.05, 0.1) is 19.2 Å². The van der Waals surface area contributed by atoms with E-state index in [4.69, 9.17) is 0 Å². The summed E-state index contributed by atoms with van der Waals surface area (Å²) in [6.07, 6.45) is 0.298. The summed E-state index contributed by atoms with van der Waals surface area (Å²) in [5.74, 6) is 0.563. The van der Waals surface area contributed by atoms with Crippen molar-refractivity contribution in [3.63, 3.8) is 0 Å². The number of aromatic nitrogens is 4. The number of aliphatic hydroxyl groups is 1. The summed E-state index contributed by atoms with van der Waals surface area (Å²) in [5, 5.41) is 10.4. The Kier molecular flexibility index (Phi) is 3.73. The van der Waals surface area contributed by atoms with Gasteiger partial charge < -0.3 is 14.6 Å². The summed E-state index contributed by atoms with van der Waals surface area (Å²) in [6, 6.07) is 8.05. The molecule has 1 aromatic carbocycles. The van der Waals surface area contributed by atoms with Gasteiger partial charge in [0, 0.05) is 19.8 Å². The number of aryl methyl sites for hydroxylation is 2. The van der Waals surface area contributed by atoms with Gasteiger partial charge in [0.15, 0.2) is 11.2 Å². The molecule has 0 bridgehead atoms. The Morgan fingerprint density at radius 1 is 1.12 bits per heavy atom. The van der Waals surface area contributed by atoms with Crippen LogP contribution in [0.15, 0.2) is 33.9 Å². The Morgan fingerprint density at radius 2 is 1.81 bits per heavy atom. The minimum atomic E-state index is -0.646. The van der Waals surface area contributed by atoms with Crippen molar-refractivity contribution in [2.24, 2.45) is 14.1 Å². The van der Waals surface area contributed by atoms with Crippen LogP contribution in [0.1, 0.15) is 12.5 Å². The second-order valence-electron chi connectivity index (χ2n) is 6.68. The van der Waals surface area contributed by atoms with Crippen LogP contribution in [0, 0.1) is 0 Å². The molecule has 1 aliphatic rings. The van der Waals surface area contributed by atoms with Gasteiger partial charge >= 0.3 is 5.69 Å². The first kappa shape index (κ1) is 16.6. The number of fused-ring (bicyclic) bond motifs is 3. The van der Waals surface area contributed by atoms with Gasteiger partial charge in [-0.05, 0) is 24.1 Å². The number of aliphatic hydroxyl groups excluding tert-OH is 1. The van der Waals surface area contributed by atoms with E-state index < -0.39 is 17.4 Å². The topological polar surface area (TPSA) is 85.3 Å². The molecule has 0 spiro atoms. The number of β-amino-alcohol motifs (C(OH)–C–C–N with tert-alkyl or cyclic N) is 1. The summed E-state index contributed by atoms with van der Waals surface area (Å²) in [5.41, 5.74) is 1.95. The van der Waals surface area contributed by atoms with Crippen LogP contribution in [0.3, 0.4) is 0 Å². The number of hydrogen-bond acceptors (Lipinski definition) is 5. The van der Waals surface area contributed by atoms with Gasteiger partial charge in [-0.25, -0.2) is 4.79 Å². The van der Waals surface area contributed by atoms with E-state index in [2.05, 4.69) is 11.9 Å². The largest absolute Gasteiger partial charge is 0.389 e. The van der Waals surface area contributed by atoms with Crippen LogP contribution in [0.2, 0.25) is 0 Å². The lowest BCUT2D eigenvalue weighted by atomic mass is 10.1. The predicted molar refractivity (Wildman–Crippen MR) is 99.0 cm³/mol. The zero-order valence-corrected chi connectivity index (χ0v) is 15.0. The fourth-order valence-corrected chi connectivity index (χ4v) is 3.51. The molecule has 0 aliphatic carbocycles. The van der Waals surface area contributed by atoms with Gasteiger partial charge in [-0.3, -0.25) is 13.9 Å². The molecule has 1 unspecified atom stereocenters. The van der Waals surface area contributed by atoms with E-state index in [0.29, 0.717) is 23.7 Å². The quantitative estimate of drug-likeness (QED) is 0.724. The molecular formula is C18H21N5O3. The lowest BCUT2D eigenvalue weighted by molar-refractivity contribution is 0.154. The lowest BCUT2D eigenvalue weighted by Crippen LogP contribution is -2.40. The maximum atomic E-state index is 12.7. The van der Waals surface area contributed by atoms with Crippen molar-refractivity contribution in [3.8, 4) is 0 Å². The molecule has 8 nitrogen and oxygen atoms in total. The van der Waals surface area contributed by atoms with Crippen LogP contribution >= 0.6 is 0 Å². The molecule has 136 valence electrons. The van der Waals surface area contributed by atoms with Crippen molar-refractivity contribution in [1.29, 1.82) is 0 Å². The van der Waals surface area contributed by atoms with Gasteiger partial charge in [0.2, 0.25) is 5.95 Å². The van der Waals surface area contributed by atoms with Gasteiger partial charge in [0.25, 0.3) is 5.56 Å². The smallest absolute Gasteiger partial charge is 0.332 e. The first-order chi connectivity index (χ1) is 12.4. The number of imidazole rings is 1. The Bertz CT molecular complexity index is 1110. The average Bonchev–Trinajstić information content (AvgIpc) is 3.03. The molecule has 0 amide bonds. The van der Waals surface area contributed by atoms with Crippen molar-refractivity contribution in [2.75, 3.05) is 11.4 Å². The summed E-state index contributed by atoms with van der Waals surface area (Å²) in [7, 11) is 3.05. The van der Waals surface area contributed by atoms with Gasteiger partial charge in [0.1, 0.15) is 0 Å². The van der Waals surface area contributed by atoms with Crippen molar-refractivity contribution in [3.05, 3.63) is 50.7 Å². The van der Waals surface area contributed by atoms with E-state index in [1.807, 2.05) is 29.2 Å². The number of nitrogens with zero attached hydrogens (tertiary/aromatic N) is 5. The Hall–Kier alpha value is -2.87. The van der Waals surface area contributed by atoms with Crippen molar-refractivity contribution < 1.29 is 5.11 Å². The van der Waals surface area contributed by atoms with Crippen LogP contribution < -0.4 is 16.1 Å². The maximum absolute atomic E-state index is 12.7. The Balaban J connectivity index is 1.98. The summed E-state index contributed by atoms with van der Waals surface area (Å²) in [4.78, 5) is 31.3.